The first-order valence-electron chi connectivity index (χ1n) is 10.1. The molecule has 0 unspecified atom stereocenters. The fourth-order valence-corrected chi connectivity index (χ4v) is 4.23. The Morgan fingerprint density at radius 3 is 2.50 bits per heavy atom. The van der Waals surface area contributed by atoms with Gasteiger partial charge in [-0.05, 0) is 29.9 Å². The summed E-state index contributed by atoms with van der Waals surface area (Å²) >= 11 is 1.58. The van der Waals surface area contributed by atoms with E-state index in [2.05, 4.69) is 10.3 Å². The van der Waals surface area contributed by atoms with Crippen LogP contribution < -0.4 is 11.1 Å². The van der Waals surface area contributed by atoms with Gasteiger partial charge >= 0.3 is 0 Å². The number of benzene rings is 1. The molecule has 8 heteroatoms. The monoisotopic (exact) mass is 430 g/mol. The molecule has 0 saturated carbocycles. The fraction of sp³-hybridized carbons (Fsp3) is 0.500. The van der Waals surface area contributed by atoms with Gasteiger partial charge in [0.15, 0.2) is 0 Å². The van der Waals surface area contributed by atoms with Crippen LogP contribution in [0.15, 0.2) is 29.8 Å². The van der Waals surface area contributed by atoms with Gasteiger partial charge in [-0.3, -0.25) is 14.5 Å². The van der Waals surface area contributed by atoms with Crippen LogP contribution in [0.5, 0.6) is 0 Å². The quantitative estimate of drug-likeness (QED) is 0.670. The molecule has 1 aliphatic heterocycles. The normalized spacial score (nSPS) is 20.2. The van der Waals surface area contributed by atoms with Gasteiger partial charge in [-0.25, -0.2) is 4.98 Å². The number of carbonyl (C=O) groups excluding carboxylic acids is 2. The summed E-state index contributed by atoms with van der Waals surface area (Å²) in [4.78, 5) is 32.9. The number of rotatable bonds is 5. The molecule has 1 saturated heterocycles. The van der Waals surface area contributed by atoms with Gasteiger partial charge < -0.3 is 16.2 Å². The molecule has 30 heavy (non-hydrogen) atoms. The standard InChI is InChI=1S/C22H30N4O3S/c1-13-18(30-12-25-13)15-7-5-14(6-8-15)11-26(21(29)19(23)22(2,3)4)20(28)17-9-16(27)10-24-17/h5-8,12,16-17,19,24,27H,9-11,23H2,1-4H3/t16-,17+,19-/m0/s1. The summed E-state index contributed by atoms with van der Waals surface area (Å²) in [6.07, 6.45) is -0.300. The molecule has 2 aromatic rings. The van der Waals surface area contributed by atoms with Crippen LogP contribution in [-0.2, 0) is 16.1 Å². The summed E-state index contributed by atoms with van der Waals surface area (Å²) in [7, 11) is 0. The maximum atomic E-state index is 13.2. The zero-order chi connectivity index (χ0) is 22.1. The second kappa shape index (κ2) is 8.93. The number of amides is 2. The van der Waals surface area contributed by atoms with Gasteiger partial charge in [0.05, 0.1) is 40.8 Å². The predicted octanol–water partition coefficient (Wildman–Crippen LogP) is 2.07. The molecule has 1 aliphatic rings. The first-order chi connectivity index (χ1) is 14.1. The number of aryl methyl sites for hydroxylation is 1. The Bertz CT molecular complexity index is 904. The van der Waals surface area contributed by atoms with Gasteiger partial charge in [0.25, 0.3) is 0 Å². The Morgan fingerprint density at radius 1 is 1.33 bits per heavy atom. The molecular weight excluding hydrogens is 400 g/mol. The number of nitrogens with zero attached hydrogens (tertiary/aromatic N) is 2. The highest BCUT2D eigenvalue weighted by Crippen LogP contribution is 2.28. The van der Waals surface area contributed by atoms with Crippen molar-refractivity contribution in [1.82, 2.24) is 15.2 Å². The Labute approximate surface area is 181 Å². The molecule has 1 fully saturated rings. The average Bonchev–Trinajstić information content (AvgIpc) is 3.32. The second-order valence-electron chi connectivity index (χ2n) is 8.92. The summed E-state index contributed by atoms with van der Waals surface area (Å²) in [5, 5.41) is 12.8. The van der Waals surface area contributed by atoms with E-state index in [0.29, 0.717) is 6.54 Å². The molecule has 7 nitrogen and oxygen atoms in total. The molecule has 2 amide bonds. The van der Waals surface area contributed by atoms with E-state index in [4.69, 9.17) is 5.73 Å². The van der Waals surface area contributed by atoms with Crippen LogP contribution in [0.2, 0.25) is 0 Å². The maximum absolute atomic E-state index is 13.2. The lowest BCUT2D eigenvalue weighted by atomic mass is 9.86. The number of nitrogens with two attached hydrogens (primary N) is 1. The zero-order valence-electron chi connectivity index (χ0n) is 17.9. The number of carbonyl (C=O) groups is 2. The maximum Gasteiger partial charge on any atom is 0.246 e. The molecule has 162 valence electrons. The van der Waals surface area contributed by atoms with Gasteiger partial charge in [-0.1, -0.05) is 45.0 Å². The van der Waals surface area contributed by atoms with Crippen molar-refractivity contribution in [1.29, 1.82) is 0 Å². The fourth-order valence-electron chi connectivity index (χ4n) is 3.42. The largest absolute Gasteiger partial charge is 0.392 e. The topological polar surface area (TPSA) is 109 Å². The van der Waals surface area contributed by atoms with Crippen molar-refractivity contribution in [3.63, 3.8) is 0 Å². The number of aromatic nitrogens is 1. The third-order valence-electron chi connectivity index (χ3n) is 5.44. The number of thiazole rings is 1. The SMILES string of the molecule is Cc1ncsc1-c1ccc(CN(C(=O)[C@H]2C[C@H](O)CN2)C(=O)[C@H](N)C(C)(C)C)cc1. The Hall–Kier alpha value is -2.13. The van der Waals surface area contributed by atoms with E-state index in [1.807, 2.05) is 57.5 Å². The van der Waals surface area contributed by atoms with Gasteiger partial charge in [-0.2, -0.15) is 0 Å². The Morgan fingerprint density at radius 2 is 2.00 bits per heavy atom. The van der Waals surface area contributed by atoms with Crippen LogP contribution in [0.4, 0.5) is 0 Å². The van der Waals surface area contributed by atoms with E-state index in [1.165, 1.54) is 4.90 Å². The van der Waals surface area contributed by atoms with Gasteiger partial charge in [0, 0.05) is 6.54 Å². The average molecular weight is 431 g/mol. The van der Waals surface area contributed by atoms with E-state index >= 15 is 0 Å². The summed E-state index contributed by atoms with van der Waals surface area (Å²) in [5.74, 6) is -0.753. The molecule has 1 aromatic heterocycles. The van der Waals surface area contributed by atoms with Gasteiger partial charge in [0.2, 0.25) is 11.8 Å². The van der Waals surface area contributed by atoms with Gasteiger partial charge in [0.1, 0.15) is 0 Å². The highest BCUT2D eigenvalue weighted by molar-refractivity contribution is 7.13. The van der Waals surface area contributed by atoms with Crippen molar-refractivity contribution in [2.45, 2.75) is 58.8 Å². The second-order valence-corrected chi connectivity index (χ2v) is 9.78. The lowest BCUT2D eigenvalue weighted by Crippen LogP contribution is -2.55. The smallest absolute Gasteiger partial charge is 0.246 e. The van der Waals surface area contributed by atoms with E-state index in [1.54, 1.807) is 11.3 Å². The third kappa shape index (κ3) is 4.95. The van der Waals surface area contributed by atoms with E-state index in [9.17, 15) is 14.7 Å². The molecule has 0 bridgehead atoms. The van der Waals surface area contributed by atoms with Crippen molar-refractivity contribution in [3.05, 3.63) is 41.0 Å². The highest BCUT2D eigenvalue weighted by Gasteiger charge is 2.38. The number of aliphatic hydroxyl groups excluding tert-OH is 1. The van der Waals surface area contributed by atoms with Crippen LogP contribution in [0, 0.1) is 12.3 Å². The Balaban J connectivity index is 1.84. The lowest BCUT2D eigenvalue weighted by molar-refractivity contribution is -0.149. The number of imide groups is 1. The number of nitrogens with one attached hydrogen (secondary N) is 1. The van der Waals surface area contributed by atoms with Crippen molar-refractivity contribution in [3.8, 4) is 10.4 Å². The highest BCUT2D eigenvalue weighted by atomic mass is 32.1. The number of aliphatic hydroxyl groups is 1. The Kier molecular flexibility index (Phi) is 6.71. The lowest BCUT2D eigenvalue weighted by Gasteiger charge is -2.32. The summed E-state index contributed by atoms with van der Waals surface area (Å²) in [5.41, 5.74) is 10.4. The van der Waals surface area contributed by atoms with Crippen molar-refractivity contribution < 1.29 is 14.7 Å². The minimum atomic E-state index is -0.813. The molecule has 0 aliphatic carbocycles. The molecule has 1 aromatic carbocycles. The molecule has 2 heterocycles. The van der Waals surface area contributed by atoms with Crippen molar-refractivity contribution >= 4 is 23.2 Å². The summed E-state index contributed by atoms with van der Waals surface area (Å²) in [6, 6.07) is 6.39. The number of hydrogen-bond acceptors (Lipinski definition) is 7. The summed E-state index contributed by atoms with van der Waals surface area (Å²) in [6.45, 7) is 8.08. The molecule has 0 spiro atoms. The third-order valence-corrected chi connectivity index (χ3v) is 6.42. The molecule has 4 N–H and O–H groups in total. The van der Waals surface area contributed by atoms with Crippen LogP contribution in [-0.4, -0.2) is 51.5 Å². The molecule has 3 atom stereocenters. The van der Waals surface area contributed by atoms with E-state index < -0.39 is 29.5 Å². The predicted molar refractivity (Wildman–Crippen MR) is 118 cm³/mol. The van der Waals surface area contributed by atoms with Crippen molar-refractivity contribution in [2.24, 2.45) is 11.1 Å². The van der Waals surface area contributed by atoms with Crippen LogP contribution >= 0.6 is 11.3 Å². The molecular formula is C22H30N4O3S. The summed E-state index contributed by atoms with van der Waals surface area (Å²) < 4.78 is 0. The first-order valence-corrected chi connectivity index (χ1v) is 11.0. The van der Waals surface area contributed by atoms with Crippen LogP contribution in [0.1, 0.15) is 38.4 Å². The first kappa shape index (κ1) is 22.6. The molecule has 0 radical (unpaired) electrons. The van der Waals surface area contributed by atoms with E-state index in [-0.39, 0.29) is 18.9 Å². The number of β-amino-alcohol motifs (C(OH)–C–C–N with tert-alkyl or cyclic N) is 1. The minimum absolute atomic E-state index is 0.137. The van der Waals surface area contributed by atoms with E-state index in [0.717, 1.165) is 21.7 Å². The zero-order valence-corrected chi connectivity index (χ0v) is 18.7. The van der Waals surface area contributed by atoms with Gasteiger partial charge in [-0.15, -0.1) is 11.3 Å². The van der Waals surface area contributed by atoms with Crippen LogP contribution in [0.25, 0.3) is 10.4 Å². The molecule has 3 rings (SSSR count). The number of hydrogen-bond donors (Lipinski definition) is 3. The van der Waals surface area contributed by atoms with Crippen molar-refractivity contribution in [2.75, 3.05) is 6.54 Å². The van der Waals surface area contributed by atoms with Crippen LogP contribution in [0.3, 0.4) is 0 Å². The minimum Gasteiger partial charge on any atom is -0.392 e.